The number of anilines is 1. The number of nitrogens with one attached hydrogen (secondary N) is 1. The Balaban J connectivity index is 1.86. The maximum Gasteiger partial charge on any atom is 0.337 e. The molecule has 0 fully saturated rings. The molecule has 3 aromatic carbocycles. The van der Waals surface area contributed by atoms with Crippen LogP contribution in [0, 0.1) is 5.82 Å². The zero-order chi connectivity index (χ0) is 18.7. The van der Waals surface area contributed by atoms with Crippen molar-refractivity contribution in [3.8, 4) is 0 Å². The average molecular weight is 349 g/mol. The first-order chi connectivity index (χ1) is 12.4. The van der Waals surface area contributed by atoms with Crippen LogP contribution in [0.3, 0.4) is 0 Å². The molecule has 0 unspecified atom stereocenters. The van der Waals surface area contributed by atoms with E-state index in [0.717, 1.165) is 34.5 Å². The van der Waals surface area contributed by atoms with E-state index in [0.29, 0.717) is 5.57 Å². The predicted molar refractivity (Wildman–Crippen MR) is 99.6 cm³/mol. The van der Waals surface area contributed by atoms with Crippen molar-refractivity contribution < 1.29 is 19.1 Å². The first-order valence-corrected chi connectivity index (χ1v) is 7.95. The Bertz CT molecular complexity index is 1040. The van der Waals surface area contributed by atoms with Gasteiger partial charge in [-0.3, -0.25) is 4.79 Å². The van der Waals surface area contributed by atoms with Gasteiger partial charge in [0.1, 0.15) is 5.82 Å². The van der Waals surface area contributed by atoms with E-state index < -0.39 is 17.7 Å². The molecule has 0 heterocycles. The Morgan fingerprint density at radius 3 is 2.46 bits per heavy atom. The van der Waals surface area contributed by atoms with Crippen LogP contribution in [0.2, 0.25) is 0 Å². The first kappa shape index (κ1) is 17.4. The summed E-state index contributed by atoms with van der Waals surface area (Å²) < 4.78 is 13.4. The molecule has 26 heavy (non-hydrogen) atoms. The van der Waals surface area contributed by atoms with Crippen LogP contribution in [0.1, 0.15) is 22.8 Å². The fourth-order valence-electron chi connectivity index (χ4n) is 2.69. The quantitative estimate of drug-likeness (QED) is 0.670. The van der Waals surface area contributed by atoms with Gasteiger partial charge in [0.05, 0.1) is 11.3 Å². The molecule has 3 aromatic rings. The maximum absolute atomic E-state index is 13.4. The number of carboxylic acid groups (broad SMARTS) is 1. The second-order valence-corrected chi connectivity index (χ2v) is 5.87. The first-order valence-electron chi connectivity index (χ1n) is 7.95. The molecule has 0 aliphatic rings. The second-order valence-electron chi connectivity index (χ2n) is 5.87. The number of carboxylic acids is 1. The van der Waals surface area contributed by atoms with Crippen molar-refractivity contribution in [3.05, 3.63) is 83.7 Å². The SMILES string of the molecule is CC(=CC(=O)Nc1cc(F)ccc1C(=O)O)c1ccc2ccccc2c1. The van der Waals surface area contributed by atoms with E-state index in [-0.39, 0.29) is 11.3 Å². The summed E-state index contributed by atoms with van der Waals surface area (Å²) in [5, 5.41) is 13.7. The van der Waals surface area contributed by atoms with Crippen molar-refractivity contribution in [1.82, 2.24) is 0 Å². The number of carbonyl (C=O) groups is 2. The molecule has 3 rings (SSSR count). The lowest BCUT2D eigenvalue weighted by Crippen LogP contribution is -2.12. The zero-order valence-corrected chi connectivity index (χ0v) is 14.0. The summed E-state index contributed by atoms with van der Waals surface area (Å²) in [6, 6.07) is 16.9. The van der Waals surface area contributed by atoms with Gasteiger partial charge in [-0.2, -0.15) is 0 Å². The summed E-state index contributed by atoms with van der Waals surface area (Å²) in [5.41, 5.74) is 1.33. The van der Waals surface area contributed by atoms with Crippen LogP contribution in [-0.4, -0.2) is 17.0 Å². The van der Waals surface area contributed by atoms with Crippen LogP contribution in [0.25, 0.3) is 16.3 Å². The van der Waals surface area contributed by atoms with Crippen LogP contribution < -0.4 is 5.32 Å². The Morgan fingerprint density at radius 2 is 1.73 bits per heavy atom. The largest absolute Gasteiger partial charge is 0.478 e. The van der Waals surface area contributed by atoms with E-state index in [1.807, 2.05) is 42.5 Å². The summed E-state index contributed by atoms with van der Waals surface area (Å²) >= 11 is 0. The molecule has 0 aliphatic carbocycles. The Labute approximate surface area is 149 Å². The fraction of sp³-hybridized carbons (Fsp3) is 0.0476. The van der Waals surface area contributed by atoms with Crippen LogP contribution in [0.5, 0.6) is 0 Å². The number of aromatic carboxylic acids is 1. The highest BCUT2D eigenvalue weighted by Crippen LogP contribution is 2.22. The molecule has 0 saturated carbocycles. The van der Waals surface area contributed by atoms with Crippen LogP contribution in [-0.2, 0) is 4.79 Å². The van der Waals surface area contributed by atoms with Crippen molar-refractivity contribution in [2.45, 2.75) is 6.92 Å². The van der Waals surface area contributed by atoms with Gasteiger partial charge in [0.15, 0.2) is 0 Å². The number of carbonyl (C=O) groups excluding carboxylic acids is 1. The highest BCUT2D eigenvalue weighted by Gasteiger charge is 2.13. The van der Waals surface area contributed by atoms with E-state index in [9.17, 15) is 14.0 Å². The molecule has 0 spiro atoms. The van der Waals surface area contributed by atoms with Crippen LogP contribution in [0.15, 0.2) is 66.7 Å². The van der Waals surface area contributed by atoms with Crippen LogP contribution in [0.4, 0.5) is 10.1 Å². The average Bonchev–Trinajstić information content (AvgIpc) is 2.61. The standard InChI is InChI=1S/C21H16FNO3/c1-13(15-7-6-14-4-2-3-5-16(14)11-15)10-20(24)23-19-12-17(22)8-9-18(19)21(25)26/h2-12H,1H3,(H,23,24)(H,25,26). The molecule has 5 heteroatoms. The molecule has 1 amide bonds. The number of halogens is 1. The maximum atomic E-state index is 13.4. The Hall–Kier alpha value is -3.47. The molecule has 2 N–H and O–H groups in total. The fourth-order valence-corrected chi connectivity index (χ4v) is 2.69. The minimum atomic E-state index is -1.24. The molecule has 0 radical (unpaired) electrons. The molecule has 0 aromatic heterocycles. The molecule has 4 nitrogen and oxygen atoms in total. The molecular formula is C21H16FNO3. The molecule has 0 atom stereocenters. The minimum Gasteiger partial charge on any atom is -0.478 e. The number of fused-ring (bicyclic) bond motifs is 1. The van der Waals surface area contributed by atoms with Gasteiger partial charge in [0, 0.05) is 6.08 Å². The van der Waals surface area contributed by atoms with Gasteiger partial charge in [-0.05, 0) is 53.1 Å². The monoisotopic (exact) mass is 349 g/mol. The van der Waals surface area contributed by atoms with Crippen molar-refractivity contribution in [2.24, 2.45) is 0 Å². The topological polar surface area (TPSA) is 66.4 Å². The molecular weight excluding hydrogens is 333 g/mol. The second kappa shape index (κ2) is 7.19. The highest BCUT2D eigenvalue weighted by molar-refractivity contribution is 6.07. The smallest absolute Gasteiger partial charge is 0.337 e. The summed E-state index contributed by atoms with van der Waals surface area (Å²) in [5.74, 6) is -2.39. The lowest BCUT2D eigenvalue weighted by molar-refractivity contribution is -0.111. The van der Waals surface area contributed by atoms with E-state index in [2.05, 4.69) is 5.32 Å². The normalized spacial score (nSPS) is 11.4. The summed E-state index contributed by atoms with van der Waals surface area (Å²) in [6.07, 6.45) is 1.36. The van der Waals surface area contributed by atoms with Gasteiger partial charge >= 0.3 is 5.97 Å². The number of amides is 1. The van der Waals surface area contributed by atoms with Crippen molar-refractivity contribution in [3.63, 3.8) is 0 Å². The lowest BCUT2D eigenvalue weighted by atomic mass is 10.0. The summed E-state index contributed by atoms with van der Waals surface area (Å²) in [6.45, 7) is 1.79. The zero-order valence-electron chi connectivity index (χ0n) is 14.0. The lowest BCUT2D eigenvalue weighted by Gasteiger charge is -2.08. The third kappa shape index (κ3) is 3.78. The van der Waals surface area contributed by atoms with Gasteiger partial charge in [-0.25, -0.2) is 9.18 Å². The molecule has 0 bridgehead atoms. The number of hydrogen-bond acceptors (Lipinski definition) is 2. The number of rotatable bonds is 4. The van der Waals surface area contributed by atoms with E-state index in [1.165, 1.54) is 6.08 Å². The van der Waals surface area contributed by atoms with Crippen molar-refractivity contribution >= 4 is 33.9 Å². The Kier molecular flexibility index (Phi) is 4.80. The van der Waals surface area contributed by atoms with Gasteiger partial charge in [-0.15, -0.1) is 0 Å². The summed E-state index contributed by atoms with van der Waals surface area (Å²) in [4.78, 5) is 23.4. The van der Waals surface area contributed by atoms with Gasteiger partial charge in [0.25, 0.3) is 0 Å². The Morgan fingerprint density at radius 1 is 1.00 bits per heavy atom. The predicted octanol–water partition coefficient (Wildman–Crippen LogP) is 4.72. The summed E-state index contributed by atoms with van der Waals surface area (Å²) in [7, 11) is 0. The number of benzene rings is 3. The van der Waals surface area contributed by atoms with E-state index in [4.69, 9.17) is 5.11 Å². The minimum absolute atomic E-state index is 0.0786. The van der Waals surface area contributed by atoms with Crippen molar-refractivity contribution in [2.75, 3.05) is 5.32 Å². The number of hydrogen-bond donors (Lipinski definition) is 2. The van der Waals surface area contributed by atoms with E-state index >= 15 is 0 Å². The van der Waals surface area contributed by atoms with E-state index in [1.54, 1.807) is 6.92 Å². The van der Waals surface area contributed by atoms with Gasteiger partial charge in [-0.1, -0.05) is 36.4 Å². The third-order valence-electron chi connectivity index (χ3n) is 4.02. The molecule has 130 valence electrons. The van der Waals surface area contributed by atoms with Crippen LogP contribution >= 0.6 is 0 Å². The molecule has 0 saturated heterocycles. The van der Waals surface area contributed by atoms with Gasteiger partial charge < -0.3 is 10.4 Å². The van der Waals surface area contributed by atoms with Crippen molar-refractivity contribution in [1.29, 1.82) is 0 Å². The molecule has 0 aliphatic heterocycles. The van der Waals surface area contributed by atoms with Gasteiger partial charge in [0.2, 0.25) is 5.91 Å². The third-order valence-corrected chi connectivity index (χ3v) is 4.02. The number of allylic oxidation sites excluding steroid dienone is 1. The highest BCUT2D eigenvalue weighted by atomic mass is 19.1.